The number of hydrogen-bond acceptors (Lipinski definition) is 6. The molecule has 9 heteroatoms. The molecule has 3 aromatic carbocycles. The summed E-state index contributed by atoms with van der Waals surface area (Å²) in [7, 11) is 3.06. The van der Waals surface area contributed by atoms with Crippen LogP contribution in [0.5, 0.6) is 0 Å². The lowest BCUT2D eigenvalue weighted by Gasteiger charge is -2.24. The van der Waals surface area contributed by atoms with E-state index in [1.54, 1.807) is 48.3 Å². The number of amides is 2. The third-order valence-corrected chi connectivity index (χ3v) is 7.35. The van der Waals surface area contributed by atoms with Crippen LogP contribution < -0.4 is 10.6 Å². The maximum Gasteiger partial charge on any atom is 0.407 e. The first-order valence-electron chi connectivity index (χ1n) is 13.9. The smallest absolute Gasteiger partial charge is 0.407 e. The molecule has 1 aliphatic carbocycles. The van der Waals surface area contributed by atoms with Crippen molar-refractivity contribution in [2.24, 2.45) is 7.05 Å². The van der Waals surface area contributed by atoms with E-state index in [-0.39, 0.29) is 12.5 Å². The average molecular weight is 587 g/mol. The molecule has 5 rings (SSSR count). The number of hydrogen-bond donors (Lipinski definition) is 2. The van der Waals surface area contributed by atoms with Crippen molar-refractivity contribution in [1.29, 1.82) is 0 Å². The van der Waals surface area contributed by atoms with E-state index >= 15 is 0 Å². The minimum atomic E-state index is -1.16. The predicted molar refractivity (Wildman–Crippen MR) is 164 cm³/mol. The summed E-state index contributed by atoms with van der Waals surface area (Å²) in [5, 5.41) is 5.32. The number of esters is 1. The van der Waals surface area contributed by atoms with Crippen LogP contribution in [-0.4, -0.2) is 53.3 Å². The summed E-state index contributed by atoms with van der Waals surface area (Å²) in [5.41, 5.74) is 6.12. The Morgan fingerprint density at radius 1 is 0.909 bits per heavy atom. The van der Waals surface area contributed by atoms with Crippen molar-refractivity contribution < 1.29 is 23.9 Å². The lowest BCUT2D eigenvalue weighted by Crippen LogP contribution is -2.54. The number of nitrogens with one attached hydrogen (secondary N) is 2. The zero-order valence-electron chi connectivity index (χ0n) is 24.5. The van der Waals surface area contributed by atoms with Crippen molar-refractivity contribution in [3.63, 3.8) is 0 Å². The Bertz CT molecular complexity index is 1780. The summed E-state index contributed by atoms with van der Waals surface area (Å²) in [6.07, 6.45) is 2.60. The van der Waals surface area contributed by atoms with Crippen molar-refractivity contribution in [2.75, 3.05) is 13.7 Å². The summed E-state index contributed by atoms with van der Waals surface area (Å²) in [5.74, 6) is 10.1. The molecule has 1 heterocycles. The van der Waals surface area contributed by atoms with Crippen molar-refractivity contribution in [1.82, 2.24) is 20.2 Å². The molecule has 0 radical (unpaired) electrons. The number of rotatable bonds is 7. The number of fused-ring (bicyclic) bond motifs is 3. The van der Waals surface area contributed by atoms with Gasteiger partial charge >= 0.3 is 12.1 Å². The topological polar surface area (TPSA) is 112 Å². The molecular weight excluding hydrogens is 556 g/mol. The molecule has 44 heavy (non-hydrogen) atoms. The lowest BCUT2D eigenvalue weighted by atomic mass is 9.98. The Morgan fingerprint density at radius 2 is 1.55 bits per heavy atom. The van der Waals surface area contributed by atoms with Gasteiger partial charge in [0.25, 0.3) is 5.91 Å². The van der Waals surface area contributed by atoms with Crippen LogP contribution in [0.3, 0.4) is 0 Å². The third-order valence-electron chi connectivity index (χ3n) is 7.35. The number of methoxy groups -OCH3 is 1. The maximum absolute atomic E-state index is 13.0. The Hall–Kier alpha value is -5.80. The highest BCUT2D eigenvalue weighted by molar-refractivity contribution is 5.97. The van der Waals surface area contributed by atoms with Crippen LogP contribution in [0.2, 0.25) is 0 Å². The summed E-state index contributed by atoms with van der Waals surface area (Å²) in [6, 6.07) is 20.6. The monoisotopic (exact) mass is 586 g/mol. The summed E-state index contributed by atoms with van der Waals surface area (Å²) >= 11 is 0. The summed E-state index contributed by atoms with van der Waals surface area (Å²) in [4.78, 5) is 42.4. The normalized spacial score (nSPS) is 12.6. The minimum Gasteiger partial charge on any atom is -0.467 e. The Kier molecular flexibility index (Phi) is 9.07. The molecule has 2 N–H and O–H groups in total. The number of aromatic nitrogens is 2. The molecule has 0 unspecified atom stereocenters. The molecule has 9 nitrogen and oxygen atoms in total. The van der Waals surface area contributed by atoms with Crippen molar-refractivity contribution in [3.05, 3.63) is 113 Å². The van der Waals surface area contributed by atoms with E-state index in [9.17, 15) is 14.4 Å². The summed E-state index contributed by atoms with van der Waals surface area (Å²) in [6.45, 7) is 1.71. The maximum atomic E-state index is 13.0. The van der Waals surface area contributed by atoms with E-state index in [0.29, 0.717) is 11.1 Å². The molecular formula is C35H30N4O5. The molecule has 4 aromatic rings. The van der Waals surface area contributed by atoms with Gasteiger partial charge in [-0.05, 0) is 71.2 Å². The number of alkyl carbamates (subject to hydrolysis) is 1. The van der Waals surface area contributed by atoms with E-state index in [1.165, 1.54) is 7.11 Å². The van der Waals surface area contributed by atoms with E-state index in [2.05, 4.69) is 51.4 Å². The molecule has 0 aliphatic heterocycles. The van der Waals surface area contributed by atoms with E-state index < -0.39 is 30.1 Å². The molecule has 0 saturated heterocycles. The second kappa shape index (κ2) is 13.5. The van der Waals surface area contributed by atoms with Crippen LogP contribution in [0.4, 0.5) is 4.79 Å². The first kappa shape index (κ1) is 29.7. The van der Waals surface area contributed by atoms with Crippen molar-refractivity contribution in [2.45, 2.75) is 24.9 Å². The Morgan fingerprint density at radius 3 is 2.16 bits per heavy atom. The number of carbonyl (C=O) groups excluding carboxylic acids is 3. The quantitative estimate of drug-likeness (QED) is 0.250. The van der Waals surface area contributed by atoms with Crippen LogP contribution in [0.25, 0.3) is 11.1 Å². The van der Waals surface area contributed by atoms with Gasteiger partial charge in [0.2, 0.25) is 0 Å². The van der Waals surface area contributed by atoms with Gasteiger partial charge in [0.15, 0.2) is 0 Å². The van der Waals surface area contributed by atoms with Crippen LogP contribution in [-0.2, 0) is 21.3 Å². The molecule has 0 bridgehead atoms. The number of benzene rings is 3. The Balaban J connectivity index is 1.18. The minimum absolute atomic E-state index is 0.111. The van der Waals surface area contributed by atoms with Gasteiger partial charge in [-0.25, -0.2) is 14.6 Å². The van der Waals surface area contributed by atoms with Crippen LogP contribution in [0.15, 0.2) is 85.3 Å². The number of ether oxygens (including phenoxy) is 2. The fourth-order valence-corrected chi connectivity index (χ4v) is 5.03. The predicted octanol–water partition coefficient (Wildman–Crippen LogP) is 4.02. The second-order valence-electron chi connectivity index (χ2n) is 10.2. The Labute approximate surface area is 255 Å². The van der Waals surface area contributed by atoms with Crippen LogP contribution >= 0.6 is 0 Å². The van der Waals surface area contributed by atoms with Gasteiger partial charge < -0.3 is 24.7 Å². The molecule has 0 spiro atoms. The fourth-order valence-electron chi connectivity index (χ4n) is 5.03. The molecule has 2 amide bonds. The summed E-state index contributed by atoms with van der Waals surface area (Å²) < 4.78 is 12.3. The molecule has 220 valence electrons. The van der Waals surface area contributed by atoms with Gasteiger partial charge in [-0.2, -0.15) is 0 Å². The number of aryl methyl sites for hydroxylation is 1. The van der Waals surface area contributed by atoms with Crippen LogP contribution in [0.1, 0.15) is 45.6 Å². The van der Waals surface area contributed by atoms with Gasteiger partial charge in [0.1, 0.15) is 18.3 Å². The van der Waals surface area contributed by atoms with E-state index in [4.69, 9.17) is 9.47 Å². The highest BCUT2D eigenvalue weighted by atomic mass is 16.5. The van der Waals surface area contributed by atoms with E-state index in [0.717, 1.165) is 27.9 Å². The molecule has 1 aliphatic rings. The number of imidazole rings is 1. The standard InChI is InChI=1S/C35H30N4O5/c1-23(37-35(42)44-21-31-29-14-8-6-12-27(29)28-13-7-9-15-30(28)31)32(34(41)43-3)38-33(40)25-18-16-24(17-19-25)10-4-5-11-26-20-36-22-39(26)2/h6-9,12-20,22-23,31-32H,21H2,1-3H3,(H,37,42)(H,38,40)/t23-,32+/m1/s1. The zero-order valence-corrected chi connectivity index (χ0v) is 24.5. The van der Waals surface area contributed by atoms with Crippen molar-refractivity contribution in [3.8, 4) is 34.8 Å². The van der Waals surface area contributed by atoms with Gasteiger partial charge in [-0.3, -0.25) is 4.79 Å². The van der Waals surface area contributed by atoms with Gasteiger partial charge in [0.05, 0.1) is 25.7 Å². The number of nitrogens with zero attached hydrogens (tertiary/aromatic N) is 2. The highest BCUT2D eigenvalue weighted by Crippen LogP contribution is 2.44. The first-order chi connectivity index (χ1) is 21.4. The SMILES string of the molecule is COC(=O)[C@@H](NC(=O)c1ccc(C#CC#Cc2cncn2C)cc1)[C@@H](C)NC(=O)OCC1c2ccccc2-c2ccccc21. The van der Waals surface area contributed by atoms with Gasteiger partial charge in [0, 0.05) is 24.1 Å². The average Bonchev–Trinajstić information content (AvgIpc) is 3.60. The van der Waals surface area contributed by atoms with Crippen molar-refractivity contribution >= 4 is 18.0 Å². The molecule has 1 aromatic heterocycles. The zero-order chi connectivity index (χ0) is 31.1. The lowest BCUT2D eigenvalue weighted by molar-refractivity contribution is -0.143. The highest BCUT2D eigenvalue weighted by Gasteiger charge is 2.32. The second-order valence-corrected chi connectivity index (χ2v) is 10.2. The van der Waals surface area contributed by atoms with Crippen LogP contribution in [0, 0.1) is 23.7 Å². The van der Waals surface area contributed by atoms with Gasteiger partial charge in [-0.15, -0.1) is 0 Å². The third kappa shape index (κ3) is 6.64. The van der Waals surface area contributed by atoms with E-state index in [1.807, 2.05) is 43.4 Å². The largest absolute Gasteiger partial charge is 0.467 e. The fraction of sp³-hybridized carbons (Fsp3) is 0.200. The molecule has 0 saturated carbocycles. The first-order valence-corrected chi connectivity index (χ1v) is 13.9. The number of carbonyl (C=O) groups is 3. The molecule has 2 atom stereocenters. The van der Waals surface area contributed by atoms with Gasteiger partial charge in [-0.1, -0.05) is 54.5 Å². The molecule has 0 fully saturated rings.